The van der Waals surface area contributed by atoms with Crippen molar-refractivity contribution in [3.8, 4) is 0 Å². The fourth-order valence-electron chi connectivity index (χ4n) is 6.61. The van der Waals surface area contributed by atoms with E-state index in [0.717, 1.165) is 16.7 Å². The van der Waals surface area contributed by atoms with Crippen LogP contribution in [0.5, 0.6) is 0 Å². The fraction of sp³-hybridized carbons (Fsp3) is 0.341. The predicted molar refractivity (Wildman–Crippen MR) is 228 cm³/mol. The first-order valence-corrected chi connectivity index (χ1v) is 21.1. The van der Waals surface area contributed by atoms with E-state index >= 15 is 0 Å². The van der Waals surface area contributed by atoms with Gasteiger partial charge in [0.2, 0.25) is 6.61 Å². The summed E-state index contributed by atoms with van der Waals surface area (Å²) < 4.78 is 16.2. The van der Waals surface area contributed by atoms with Crippen molar-refractivity contribution >= 4 is 63.7 Å². The van der Waals surface area contributed by atoms with Gasteiger partial charge in [-0.15, -0.1) is 23.1 Å². The molecule has 0 radical (unpaired) electrons. The lowest BCUT2D eigenvalue weighted by molar-refractivity contribution is -0.160. The molecule has 2 atom stereocenters. The Labute approximate surface area is 356 Å². The molecule has 4 aromatic rings. The summed E-state index contributed by atoms with van der Waals surface area (Å²) >= 11 is 2.50. The third-order valence-corrected chi connectivity index (χ3v) is 11.1. The molecule has 2 aliphatic heterocycles. The first-order chi connectivity index (χ1) is 28.5. The van der Waals surface area contributed by atoms with Gasteiger partial charge in [-0.2, -0.15) is 0 Å². The average molecular weight is 854 g/mol. The second-order valence-corrected chi connectivity index (χ2v) is 17.9. The van der Waals surface area contributed by atoms with Gasteiger partial charge in [0.05, 0.1) is 0 Å². The molecule has 2 aliphatic rings. The summed E-state index contributed by atoms with van der Waals surface area (Å²) in [6.07, 6.45) is 0. The molecule has 0 saturated carbocycles. The molecule has 3 heterocycles. The molecule has 2 amide bonds. The molecule has 6 rings (SSSR count). The molecule has 2 N–H and O–H groups in total. The Hall–Kier alpha value is -6.00. The van der Waals surface area contributed by atoms with Crippen LogP contribution in [0.3, 0.4) is 0 Å². The third-order valence-electron chi connectivity index (χ3n) is 9.01. The molecule has 14 nitrogen and oxygen atoms in total. The summed E-state index contributed by atoms with van der Waals surface area (Å²) in [7, 11) is 0. The molecular formula is C44H47N5O9S2. The van der Waals surface area contributed by atoms with Gasteiger partial charge in [0.15, 0.2) is 10.8 Å². The van der Waals surface area contributed by atoms with Crippen LogP contribution in [-0.2, 0) is 48.6 Å². The highest BCUT2D eigenvalue weighted by atomic mass is 32.2. The minimum absolute atomic E-state index is 0.0334. The maximum atomic E-state index is 14.2. The Bertz CT molecular complexity index is 2190. The molecule has 314 valence electrons. The fourth-order valence-corrected chi connectivity index (χ4v) is 8.69. The second-order valence-electron chi connectivity index (χ2n) is 15.9. The number of rotatable bonds is 14. The zero-order valence-electron chi connectivity index (χ0n) is 34.3. The van der Waals surface area contributed by atoms with E-state index in [2.05, 4.69) is 15.8 Å². The molecule has 1 saturated heterocycles. The van der Waals surface area contributed by atoms with Gasteiger partial charge in [0, 0.05) is 23.6 Å². The molecule has 60 heavy (non-hydrogen) atoms. The third kappa shape index (κ3) is 10.1. The molecule has 0 spiro atoms. The van der Waals surface area contributed by atoms with E-state index in [4.69, 9.17) is 24.0 Å². The van der Waals surface area contributed by atoms with E-state index < -0.39 is 64.5 Å². The summed E-state index contributed by atoms with van der Waals surface area (Å²) in [5, 5.41) is 11.9. The molecular weight excluding hydrogens is 807 g/mol. The Kier molecular flexibility index (Phi) is 13.1. The number of β-lactam (4-membered cyclic amide) rings is 1. The number of thioether (sulfide) groups is 1. The van der Waals surface area contributed by atoms with Gasteiger partial charge >= 0.3 is 17.9 Å². The predicted octanol–water partition coefficient (Wildman–Crippen LogP) is 6.17. The number of hydrogen-bond donors (Lipinski definition) is 2. The van der Waals surface area contributed by atoms with Crippen molar-refractivity contribution in [2.75, 3.05) is 24.3 Å². The van der Waals surface area contributed by atoms with Crippen LogP contribution in [0.1, 0.15) is 70.9 Å². The quantitative estimate of drug-likeness (QED) is 0.0370. The monoisotopic (exact) mass is 853 g/mol. The van der Waals surface area contributed by atoms with Crippen LogP contribution in [0, 0.1) is 0 Å². The molecule has 1 unspecified atom stereocenters. The Morgan fingerprint density at radius 1 is 0.833 bits per heavy atom. The lowest BCUT2D eigenvalue weighted by atomic mass is 9.77. The summed E-state index contributed by atoms with van der Waals surface area (Å²) in [5.41, 5.74) is 0.350. The number of thiazole rings is 1. The highest BCUT2D eigenvalue weighted by molar-refractivity contribution is 8.00. The normalized spacial score (nSPS) is 16.9. The summed E-state index contributed by atoms with van der Waals surface area (Å²) in [4.78, 5) is 77.3. The summed E-state index contributed by atoms with van der Waals surface area (Å²) in [5.74, 6) is -3.20. The average Bonchev–Trinajstić information content (AvgIpc) is 3.66. The minimum Gasteiger partial charge on any atom is -0.461 e. The molecule has 0 bridgehead atoms. The van der Waals surface area contributed by atoms with Crippen LogP contribution in [0.25, 0.3) is 0 Å². The van der Waals surface area contributed by atoms with Crippen molar-refractivity contribution in [2.24, 2.45) is 5.16 Å². The number of carbonyl (C=O) groups is 5. The number of fused-ring (bicyclic) bond motifs is 1. The van der Waals surface area contributed by atoms with Crippen molar-refractivity contribution < 1.29 is 43.0 Å². The maximum absolute atomic E-state index is 14.2. The standard InChI is InChI=1S/C44H47N5O9S2/c1-27(50)55-23-28-25-59-39-35(38(53)49(39)36(28)40(54)58-43(5,6)7)46-37(52)34(48-56-24-33(51)57-42(2,3)4)32-26-60-41(45-32)47-44(29-17-11-8-12-18-29,30-19-13-9-14-20-30)31-21-15-10-16-22-31/h8-22,26,35,39H,23-25H2,1-7H3,(H,45,47)(H,46,52)/t35?,39-/m1/s1. The van der Waals surface area contributed by atoms with Gasteiger partial charge in [0.25, 0.3) is 11.8 Å². The van der Waals surface area contributed by atoms with E-state index in [1.807, 2.05) is 91.0 Å². The van der Waals surface area contributed by atoms with Crippen molar-refractivity contribution in [2.45, 2.75) is 76.6 Å². The molecule has 1 fully saturated rings. The largest absolute Gasteiger partial charge is 0.461 e. The van der Waals surface area contributed by atoms with Crippen LogP contribution in [-0.4, -0.2) is 86.9 Å². The number of aromatic nitrogens is 1. The van der Waals surface area contributed by atoms with Gasteiger partial charge in [-0.25, -0.2) is 14.6 Å². The van der Waals surface area contributed by atoms with E-state index in [-0.39, 0.29) is 29.5 Å². The van der Waals surface area contributed by atoms with Crippen LogP contribution < -0.4 is 10.6 Å². The number of nitrogens with one attached hydrogen (secondary N) is 2. The van der Waals surface area contributed by atoms with Crippen LogP contribution in [0.4, 0.5) is 5.13 Å². The summed E-state index contributed by atoms with van der Waals surface area (Å²) in [6.45, 7) is 10.7. The van der Waals surface area contributed by atoms with Gasteiger partial charge in [-0.3, -0.25) is 19.3 Å². The molecule has 3 aromatic carbocycles. The van der Waals surface area contributed by atoms with Crippen molar-refractivity contribution in [3.05, 3.63) is 130 Å². The van der Waals surface area contributed by atoms with Gasteiger partial charge in [-0.05, 0) is 58.2 Å². The Balaban J connectivity index is 1.32. The lowest BCUT2D eigenvalue weighted by Crippen LogP contribution is -2.71. The topological polar surface area (TPSA) is 175 Å². The number of carbonyl (C=O) groups excluding carboxylic acids is 5. The van der Waals surface area contributed by atoms with E-state index in [1.165, 1.54) is 34.9 Å². The lowest BCUT2D eigenvalue weighted by Gasteiger charge is -2.49. The van der Waals surface area contributed by atoms with Crippen LogP contribution in [0.15, 0.2) is 113 Å². The van der Waals surface area contributed by atoms with Crippen molar-refractivity contribution in [1.82, 2.24) is 15.2 Å². The number of nitrogens with zero attached hydrogens (tertiary/aromatic N) is 3. The molecule has 0 aliphatic carbocycles. The smallest absolute Gasteiger partial charge is 0.355 e. The highest BCUT2D eigenvalue weighted by Crippen LogP contribution is 2.42. The Morgan fingerprint density at radius 3 is 1.90 bits per heavy atom. The Morgan fingerprint density at radius 2 is 1.38 bits per heavy atom. The number of ether oxygens (including phenoxy) is 3. The van der Waals surface area contributed by atoms with Crippen molar-refractivity contribution in [3.63, 3.8) is 0 Å². The SMILES string of the molecule is CC(=O)OCC1=C(C(=O)OC(C)(C)C)N2C(=O)C(NC(=O)C(=NOCC(=O)OC(C)(C)C)c3csc(NC(c4ccccc4)(c4ccccc4)c4ccccc4)n3)[C@H]2SC1. The van der Waals surface area contributed by atoms with Crippen LogP contribution >= 0.6 is 23.1 Å². The highest BCUT2D eigenvalue weighted by Gasteiger charge is 2.55. The molecule has 16 heteroatoms. The molecule has 1 aromatic heterocycles. The number of esters is 3. The number of anilines is 1. The van der Waals surface area contributed by atoms with E-state index in [1.54, 1.807) is 46.9 Å². The van der Waals surface area contributed by atoms with Crippen LogP contribution in [0.2, 0.25) is 0 Å². The van der Waals surface area contributed by atoms with Crippen molar-refractivity contribution in [1.29, 1.82) is 0 Å². The maximum Gasteiger partial charge on any atom is 0.355 e. The zero-order valence-corrected chi connectivity index (χ0v) is 36.0. The van der Waals surface area contributed by atoms with Gasteiger partial charge in [-0.1, -0.05) is 96.2 Å². The number of hydrogen-bond acceptors (Lipinski definition) is 14. The first kappa shape index (κ1) is 43.6. The first-order valence-electron chi connectivity index (χ1n) is 19.1. The minimum atomic E-state index is -1.09. The van der Waals surface area contributed by atoms with Gasteiger partial charge < -0.3 is 29.7 Å². The van der Waals surface area contributed by atoms with E-state index in [9.17, 15) is 24.0 Å². The number of amides is 2. The summed E-state index contributed by atoms with van der Waals surface area (Å²) in [6, 6.07) is 28.7. The van der Waals surface area contributed by atoms with E-state index in [0.29, 0.717) is 10.7 Å². The zero-order chi connectivity index (χ0) is 43.2. The van der Waals surface area contributed by atoms with Gasteiger partial charge in [0.1, 0.15) is 46.2 Å². The number of benzene rings is 3. The number of oxime groups is 1. The second kappa shape index (κ2) is 18.1.